The maximum absolute atomic E-state index is 13.4. The van der Waals surface area contributed by atoms with Crippen molar-refractivity contribution in [2.24, 2.45) is 0 Å². The molecule has 0 fully saturated rings. The van der Waals surface area contributed by atoms with Gasteiger partial charge in [0.1, 0.15) is 11.6 Å². The first-order valence-corrected chi connectivity index (χ1v) is 11.5. The van der Waals surface area contributed by atoms with Crippen LogP contribution in [0, 0.1) is 5.82 Å². The lowest BCUT2D eigenvalue weighted by atomic mass is 10.2. The predicted octanol–water partition coefficient (Wildman–Crippen LogP) is 5.32. The molecule has 0 aliphatic rings. The van der Waals surface area contributed by atoms with Crippen LogP contribution in [0.3, 0.4) is 0 Å². The van der Waals surface area contributed by atoms with Crippen LogP contribution >= 0.6 is 0 Å². The molecule has 4 aromatic rings. The van der Waals surface area contributed by atoms with E-state index >= 15 is 0 Å². The minimum Gasteiger partial charge on any atom is -0.494 e. The van der Waals surface area contributed by atoms with Gasteiger partial charge >= 0.3 is 0 Å². The standard InChI is InChI=1S/C24H21FN2O4S/c1-2-30-20-12-14-21(15-13-20)32(28,29)24-23(26-16-17-6-4-3-5-7-17)31-22(27-24)18-8-10-19(25)11-9-18/h3-15,26H,2,16H2,1H3. The summed E-state index contributed by atoms with van der Waals surface area (Å²) in [4.78, 5) is 4.32. The van der Waals surface area contributed by atoms with Crippen LogP contribution in [-0.4, -0.2) is 20.0 Å². The Morgan fingerprint density at radius 1 is 0.969 bits per heavy atom. The molecule has 0 spiro atoms. The number of aromatic nitrogens is 1. The molecule has 0 aliphatic carbocycles. The number of nitrogens with zero attached hydrogens (tertiary/aromatic N) is 1. The molecule has 0 saturated carbocycles. The van der Waals surface area contributed by atoms with Gasteiger partial charge in [0.25, 0.3) is 0 Å². The lowest BCUT2D eigenvalue weighted by Crippen LogP contribution is -2.07. The summed E-state index contributed by atoms with van der Waals surface area (Å²) in [6, 6.07) is 21.1. The highest BCUT2D eigenvalue weighted by Gasteiger charge is 2.28. The number of anilines is 1. The Kier molecular flexibility index (Phi) is 6.23. The number of sulfone groups is 1. The fourth-order valence-corrected chi connectivity index (χ4v) is 4.37. The summed E-state index contributed by atoms with van der Waals surface area (Å²) in [6.07, 6.45) is 0. The lowest BCUT2D eigenvalue weighted by Gasteiger charge is -2.07. The fraction of sp³-hybridized carbons (Fsp3) is 0.125. The summed E-state index contributed by atoms with van der Waals surface area (Å²) < 4.78 is 51.2. The number of halogens is 1. The van der Waals surface area contributed by atoms with E-state index in [1.165, 1.54) is 36.4 Å². The van der Waals surface area contributed by atoms with E-state index in [0.717, 1.165) is 5.56 Å². The molecule has 1 heterocycles. The smallest absolute Gasteiger partial charge is 0.234 e. The molecule has 1 aromatic heterocycles. The molecule has 32 heavy (non-hydrogen) atoms. The van der Waals surface area contributed by atoms with E-state index in [9.17, 15) is 12.8 Å². The van der Waals surface area contributed by atoms with E-state index < -0.39 is 15.7 Å². The highest BCUT2D eigenvalue weighted by atomic mass is 32.2. The zero-order valence-electron chi connectivity index (χ0n) is 17.3. The van der Waals surface area contributed by atoms with Gasteiger partial charge in [-0.1, -0.05) is 30.3 Å². The van der Waals surface area contributed by atoms with E-state index in [-0.39, 0.29) is 21.7 Å². The summed E-state index contributed by atoms with van der Waals surface area (Å²) >= 11 is 0. The summed E-state index contributed by atoms with van der Waals surface area (Å²) in [6.45, 7) is 2.66. The van der Waals surface area contributed by atoms with Gasteiger partial charge in [-0.2, -0.15) is 4.98 Å². The number of rotatable bonds is 8. The Morgan fingerprint density at radius 3 is 2.31 bits per heavy atom. The topological polar surface area (TPSA) is 81.4 Å². The second-order valence-corrected chi connectivity index (χ2v) is 8.77. The van der Waals surface area contributed by atoms with Crippen molar-refractivity contribution in [3.8, 4) is 17.2 Å². The third kappa shape index (κ3) is 4.65. The maximum Gasteiger partial charge on any atom is 0.234 e. The zero-order valence-corrected chi connectivity index (χ0v) is 18.1. The van der Waals surface area contributed by atoms with Crippen molar-refractivity contribution >= 4 is 15.7 Å². The van der Waals surface area contributed by atoms with Crippen LogP contribution in [0.1, 0.15) is 12.5 Å². The van der Waals surface area contributed by atoms with Gasteiger partial charge in [0.2, 0.25) is 26.6 Å². The largest absolute Gasteiger partial charge is 0.494 e. The van der Waals surface area contributed by atoms with Gasteiger partial charge in [-0.3, -0.25) is 0 Å². The molecular weight excluding hydrogens is 431 g/mol. The molecule has 0 amide bonds. The zero-order chi connectivity index (χ0) is 22.6. The number of hydrogen-bond donors (Lipinski definition) is 1. The van der Waals surface area contributed by atoms with E-state index in [2.05, 4.69) is 10.3 Å². The van der Waals surface area contributed by atoms with E-state index in [1.54, 1.807) is 12.1 Å². The van der Waals surface area contributed by atoms with Crippen LogP contribution < -0.4 is 10.1 Å². The van der Waals surface area contributed by atoms with Crippen LogP contribution in [0.25, 0.3) is 11.5 Å². The maximum atomic E-state index is 13.4. The average molecular weight is 453 g/mol. The first kappa shape index (κ1) is 21.6. The van der Waals surface area contributed by atoms with Crippen molar-refractivity contribution in [1.82, 2.24) is 4.98 Å². The van der Waals surface area contributed by atoms with Crippen molar-refractivity contribution in [3.05, 3.63) is 90.2 Å². The molecule has 0 unspecified atom stereocenters. The molecule has 1 N–H and O–H groups in total. The van der Waals surface area contributed by atoms with Gasteiger partial charge in [0.05, 0.1) is 11.5 Å². The number of hydrogen-bond acceptors (Lipinski definition) is 6. The van der Waals surface area contributed by atoms with Crippen LogP contribution in [0.5, 0.6) is 5.75 Å². The van der Waals surface area contributed by atoms with Crippen LogP contribution in [-0.2, 0) is 16.4 Å². The molecule has 4 rings (SSSR count). The molecule has 3 aromatic carbocycles. The Labute approximate surface area is 185 Å². The summed E-state index contributed by atoms with van der Waals surface area (Å²) in [7, 11) is -4.00. The monoisotopic (exact) mass is 452 g/mol. The van der Waals surface area contributed by atoms with Gasteiger partial charge in [-0.05, 0) is 61.0 Å². The highest BCUT2D eigenvalue weighted by Crippen LogP contribution is 2.33. The number of benzene rings is 3. The van der Waals surface area contributed by atoms with Gasteiger partial charge in [0, 0.05) is 12.1 Å². The van der Waals surface area contributed by atoms with Gasteiger partial charge in [-0.25, -0.2) is 12.8 Å². The van der Waals surface area contributed by atoms with Crippen molar-refractivity contribution < 1.29 is 22.0 Å². The minimum atomic E-state index is -4.00. The molecule has 0 saturated heterocycles. The Hall–Kier alpha value is -3.65. The predicted molar refractivity (Wildman–Crippen MR) is 119 cm³/mol. The Morgan fingerprint density at radius 2 is 1.66 bits per heavy atom. The third-order valence-corrected chi connectivity index (χ3v) is 6.36. The normalized spacial score (nSPS) is 11.3. The summed E-state index contributed by atoms with van der Waals surface area (Å²) in [5.41, 5.74) is 1.40. The van der Waals surface area contributed by atoms with Crippen molar-refractivity contribution in [1.29, 1.82) is 0 Å². The Balaban J connectivity index is 1.73. The second-order valence-electron chi connectivity index (χ2n) is 6.91. The lowest BCUT2D eigenvalue weighted by molar-refractivity contribution is 0.340. The number of oxazole rings is 1. The Bertz CT molecular complexity index is 1290. The third-order valence-electron chi connectivity index (χ3n) is 4.68. The summed E-state index contributed by atoms with van der Waals surface area (Å²) in [5, 5.41) is 2.79. The average Bonchev–Trinajstić information content (AvgIpc) is 3.25. The van der Waals surface area contributed by atoms with Crippen LogP contribution in [0.15, 0.2) is 93.2 Å². The molecule has 0 aliphatic heterocycles. The number of nitrogens with one attached hydrogen (secondary N) is 1. The van der Waals surface area contributed by atoms with Crippen molar-refractivity contribution in [3.63, 3.8) is 0 Å². The van der Waals surface area contributed by atoms with Crippen molar-refractivity contribution in [2.45, 2.75) is 23.4 Å². The van der Waals surface area contributed by atoms with E-state index in [0.29, 0.717) is 24.5 Å². The second kappa shape index (κ2) is 9.23. The first-order valence-electron chi connectivity index (χ1n) is 10.00. The molecule has 6 nitrogen and oxygen atoms in total. The molecule has 8 heteroatoms. The minimum absolute atomic E-state index is 0.0158. The molecule has 0 radical (unpaired) electrons. The SMILES string of the molecule is CCOc1ccc(S(=O)(=O)c2nc(-c3ccc(F)cc3)oc2NCc2ccccc2)cc1. The van der Waals surface area contributed by atoms with Gasteiger partial charge in [-0.15, -0.1) is 0 Å². The molecular formula is C24H21FN2O4S. The fourth-order valence-electron chi connectivity index (χ4n) is 3.09. The highest BCUT2D eigenvalue weighted by molar-refractivity contribution is 7.91. The van der Waals surface area contributed by atoms with Crippen molar-refractivity contribution in [2.75, 3.05) is 11.9 Å². The number of ether oxygens (including phenoxy) is 1. The van der Waals surface area contributed by atoms with Crippen LogP contribution in [0.2, 0.25) is 0 Å². The van der Waals surface area contributed by atoms with Gasteiger partial charge < -0.3 is 14.5 Å². The first-order chi connectivity index (χ1) is 15.5. The summed E-state index contributed by atoms with van der Waals surface area (Å²) in [5.74, 6) is 0.248. The molecule has 0 atom stereocenters. The van der Waals surface area contributed by atoms with E-state index in [1.807, 2.05) is 37.3 Å². The van der Waals surface area contributed by atoms with Gasteiger partial charge in [0.15, 0.2) is 0 Å². The molecule has 0 bridgehead atoms. The quantitative estimate of drug-likeness (QED) is 0.389. The van der Waals surface area contributed by atoms with E-state index in [4.69, 9.17) is 9.15 Å². The molecule has 164 valence electrons. The van der Waals surface area contributed by atoms with Crippen LogP contribution in [0.4, 0.5) is 10.3 Å².